The van der Waals surface area contributed by atoms with Gasteiger partial charge in [0.05, 0.1) is 24.0 Å². The molecule has 0 aliphatic carbocycles. The fourth-order valence-corrected chi connectivity index (χ4v) is 5.75. The minimum absolute atomic E-state index is 0.0947. The smallest absolute Gasteiger partial charge is 0.271 e. The molecule has 5 aromatic rings. The maximum atomic E-state index is 13.6. The number of hydrogen-bond acceptors (Lipinski definition) is 7. The van der Waals surface area contributed by atoms with Crippen LogP contribution in [-0.2, 0) is 23.1 Å². The molecule has 5 rings (SSSR count). The second-order valence-corrected chi connectivity index (χ2v) is 11.6. The van der Waals surface area contributed by atoms with E-state index in [1.807, 2.05) is 48.0 Å². The molecule has 0 saturated heterocycles. The number of methoxy groups -OCH3 is 1. The molecule has 0 radical (unpaired) electrons. The first-order valence-corrected chi connectivity index (χ1v) is 14.8. The summed E-state index contributed by atoms with van der Waals surface area (Å²) < 4.78 is 35.7. The summed E-state index contributed by atoms with van der Waals surface area (Å²) in [5.74, 6) is 0.189. The van der Waals surface area contributed by atoms with Crippen LogP contribution in [0.5, 0.6) is 5.75 Å². The van der Waals surface area contributed by atoms with Gasteiger partial charge < -0.3 is 9.30 Å². The lowest BCUT2D eigenvalue weighted by atomic mass is 10.1. The number of nitrogens with zero attached hydrogens (tertiary/aromatic N) is 5. The monoisotopic (exact) mass is 594 g/mol. The maximum absolute atomic E-state index is 13.6. The first kappa shape index (κ1) is 29.4. The summed E-state index contributed by atoms with van der Waals surface area (Å²) in [5.41, 5.74) is 6.95. The number of benzene rings is 3. The highest BCUT2D eigenvalue weighted by Crippen LogP contribution is 2.23. The zero-order valence-corrected chi connectivity index (χ0v) is 24.5. The third-order valence-electron chi connectivity index (χ3n) is 6.77. The number of nitrogens with one attached hydrogen (secondary N) is 1. The highest BCUT2D eigenvalue weighted by atomic mass is 32.2. The second-order valence-electron chi connectivity index (χ2n) is 9.66. The van der Waals surface area contributed by atoms with Crippen LogP contribution in [0.25, 0.3) is 5.69 Å². The van der Waals surface area contributed by atoms with Crippen LogP contribution in [-0.4, -0.2) is 46.0 Å². The number of carbonyl (C=O) groups excluding carboxylic acids is 1. The van der Waals surface area contributed by atoms with Gasteiger partial charge >= 0.3 is 0 Å². The largest absolute Gasteiger partial charge is 0.497 e. The number of pyridine rings is 1. The summed E-state index contributed by atoms with van der Waals surface area (Å²) in [5, 5.41) is 4.25. The highest BCUT2D eigenvalue weighted by molar-refractivity contribution is 7.89. The normalized spacial score (nSPS) is 11.8. The van der Waals surface area contributed by atoms with Crippen molar-refractivity contribution < 1.29 is 17.9 Å². The number of sulfonamides is 1. The molecule has 1 amide bonds. The second kappa shape index (κ2) is 13.2. The number of hydrazone groups is 1. The molecule has 0 saturated carbocycles. The number of ether oxygens (including phenoxy) is 1. The first-order valence-electron chi connectivity index (χ1n) is 13.4. The summed E-state index contributed by atoms with van der Waals surface area (Å²) in [6, 6.07) is 24.4. The lowest BCUT2D eigenvalue weighted by Gasteiger charge is -2.22. The van der Waals surface area contributed by atoms with Crippen LogP contribution in [0.1, 0.15) is 34.0 Å². The Morgan fingerprint density at radius 1 is 0.884 bits per heavy atom. The van der Waals surface area contributed by atoms with Gasteiger partial charge in [-0.05, 0) is 78.2 Å². The average Bonchev–Trinajstić information content (AvgIpc) is 3.59. The first-order chi connectivity index (χ1) is 20.8. The van der Waals surface area contributed by atoms with Crippen LogP contribution >= 0.6 is 0 Å². The number of hydrogen-bond donors (Lipinski definition) is 1. The van der Waals surface area contributed by atoms with E-state index in [1.165, 1.54) is 23.5 Å². The number of rotatable bonds is 11. The van der Waals surface area contributed by atoms with Gasteiger partial charge in [0.1, 0.15) is 5.75 Å². The van der Waals surface area contributed by atoms with Crippen molar-refractivity contribution in [1.29, 1.82) is 0 Å². The molecule has 0 fully saturated rings. The summed E-state index contributed by atoms with van der Waals surface area (Å²) in [6.07, 6.45) is 8.57. The zero-order valence-electron chi connectivity index (χ0n) is 23.7. The minimum atomic E-state index is -3.86. The SMILES string of the molecule is COc1ccc(S(=O)(=O)N(Cc2ccc(C(=O)NN=C(C)c3ccc(-n4ccnc4)cc3)cc2)Cc2cccnc2)cc1. The van der Waals surface area contributed by atoms with E-state index in [9.17, 15) is 13.2 Å². The Morgan fingerprint density at radius 2 is 1.58 bits per heavy atom. The van der Waals surface area contributed by atoms with E-state index in [4.69, 9.17) is 4.74 Å². The summed E-state index contributed by atoms with van der Waals surface area (Å²) in [6.45, 7) is 2.04. The standard InChI is InChI=1S/C32H30N6O4S/c1-24(27-9-11-29(12-10-27)37-19-18-34-23-37)35-36-32(39)28-7-5-25(6-8-28)21-38(22-26-4-3-17-33-20-26)43(40,41)31-15-13-30(42-2)14-16-31/h3-20,23H,21-22H2,1-2H3,(H,36,39). The van der Waals surface area contributed by atoms with Gasteiger partial charge in [0.15, 0.2) is 0 Å². The summed E-state index contributed by atoms with van der Waals surface area (Å²) in [7, 11) is -2.33. The van der Waals surface area contributed by atoms with Gasteiger partial charge in [0.25, 0.3) is 5.91 Å². The van der Waals surface area contributed by atoms with Gasteiger partial charge in [-0.3, -0.25) is 9.78 Å². The van der Waals surface area contributed by atoms with Crippen LogP contribution in [0.4, 0.5) is 0 Å². The fraction of sp³-hybridized carbons (Fsp3) is 0.125. The van der Waals surface area contributed by atoms with E-state index < -0.39 is 10.0 Å². The lowest BCUT2D eigenvalue weighted by molar-refractivity contribution is 0.0954. The van der Waals surface area contributed by atoms with Crippen molar-refractivity contribution in [2.24, 2.45) is 5.10 Å². The summed E-state index contributed by atoms with van der Waals surface area (Å²) in [4.78, 5) is 21.1. The Bertz CT molecular complexity index is 1790. The number of amides is 1. The Hall–Kier alpha value is -5.13. The van der Waals surface area contributed by atoms with Crippen LogP contribution < -0.4 is 10.2 Å². The molecule has 43 heavy (non-hydrogen) atoms. The highest BCUT2D eigenvalue weighted by Gasteiger charge is 2.25. The van der Waals surface area contributed by atoms with Crippen molar-refractivity contribution in [3.63, 3.8) is 0 Å². The molecule has 0 bridgehead atoms. The average molecular weight is 595 g/mol. The van der Waals surface area contributed by atoms with Gasteiger partial charge in [0.2, 0.25) is 10.0 Å². The number of carbonyl (C=O) groups is 1. The van der Waals surface area contributed by atoms with Crippen molar-refractivity contribution >= 4 is 21.6 Å². The third-order valence-corrected chi connectivity index (χ3v) is 8.57. The molecular weight excluding hydrogens is 564 g/mol. The van der Waals surface area contributed by atoms with E-state index in [2.05, 4.69) is 20.5 Å². The zero-order chi connectivity index (χ0) is 30.2. The van der Waals surface area contributed by atoms with Gasteiger partial charge in [-0.25, -0.2) is 18.8 Å². The Labute approximate surface area is 250 Å². The molecular formula is C32H30N6O4S. The van der Waals surface area contributed by atoms with Crippen molar-refractivity contribution in [2.75, 3.05) is 7.11 Å². The van der Waals surface area contributed by atoms with E-state index in [0.29, 0.717) is 17.0 Å². The van der Waals surface area contributed by atoms with E-state index >= 15 is 0 Å². The van der Waals surface area contributed by atoms with Gasteiger partial charge in [0, 0.05) is 49.1 Å². The molecule has 0 spiro atoms. The van der Waals surface area contributed by atoms with E-state index in [-0.39, 0.29) is 23.9 Å². The molecule has 2 aromatic heterocycles. The molecule has 0 unspecified atom stereocenters. The maximum Gasteiger partial charge on any atom is 0.271 e. The van der Waals surface area contributed by atoms with Gasteiger partial charge in [-0.1, -0.05) is 30.3 Å². The van der Waals surface area contributed by atoms with Crippen molar-refractivity contribution in [1.82, 2.24) is 24.3 Å². The Balaban J connectivity index is 1.28. The minimum Gasteiger partial charge on any atom is -0.497 e. The van der Waals surface area contributed by atoms with Crippen molar-refractivity contribution in [3.8, 4) is 11.4 Å². The Kier molecular flexibility index (Phi) is 9.04. The topological polar surface area (TPSA) is 119 Å². The third kappa shape index (κ3) is 7.21. The molecule has 1 N–H and O–H groups in total. The van der Waals surface area contributed by atoms with Gasteiger partial charge in [-0.2, -0.15) is 9.41 Å². The van der Waals surface area contributed by atoms with Gasteiger partial charge in [-0.15, -0.1) is 0 Å². The molecule has 0 aliphatic rings. The number of imidazole rings is 1. The molecule has 0 atom stereocenters. The summed E-state index contributed by atoms with van der Waals surface area (Å²) >= 11 is 0. The van der Waals surface area contributed by atoms with Crippen LogP contribution in [0, 0.1) is 0 Å². The predicted molar refractivity (Wildman–Crippen MR) is 163 cm³/mol. The quantitative estimate of drug-likeness (QED) is 0.173. The van der Waals surface area contributed by atoms with E-state index in [0.717, 1.165) is 22.4 Å². The number of aromatic nitrogens is 3. The predicted octanol–water partition coefficient (Wildman–Crippen LogP) is 4.82. The van der Waals surface area contributed by atoms with Crippen molar-refractivity contribution in [2.45, 2.75) is 24.9 Å². The van der Waals surface area contributed by atoms with E-state index in [1.54, 1.807) is 67.4 Å². The molecule has 218 valence electrons. The van der Waals surface area contributed by atoms with Crippen LogP contribution in [0.2, 0.25) is 0 Å². The molecule has 0 aliphatic heterocycles. The van der Waals surface area contributed by atoms with Crippen molar-refractivity contribution in [3.05, 3.63) is 138 Å². The van der Waals surface area contributed by atoms with Crippen LogP contribution in [0.15, 0.2) is 126 Å². The molecule has 2 heterocycles. The lowest BCUT2D eigenvalue weighted by Crippen LogP contribution is -2.30. The van der Waals surface area contributed by atoms with Crippen LogP contribution in [0.3, 0.4) is 0 Å². The molecule has 11 heteroatoms. The fourth-order valence-electron chi connectivity index (χ4n) is 4.33. The Morgan fingerprint density at radius 3 is 2.21 bits per heavy atom. The molecule has 10 nitrogen and oxygen atoms in total. The molecule has 3 aromatic carbocycles.